The molecule has 5 rings (SSSR count). The Morgan fingerprint density at radius 2 is 1.29 bits per heavy atom. The Morgan fingerprint density at radius 1 is 0.710 bits per heavy atom. The molecule has 0 bridgehead atoms. The topological polar surface area (TPSA) is 72.5 Å². The maximum absolute atomic E-state index is 13.2. The van der Waals surface area contributed by atoms with Gasteiger partial charge in [0.1, 0.15) is 11.2 Å². The number of ketones is 1. The first-order valence-corrected chi connectivity index (χ1v) is 9.95. The normalized spacial score (nSPS) is 11.2. The monoisotopic (exact) mass is 409 g/mol. The molecular formula is C26H19NO4. The van der Waals surface area contributed by atoms with Gasteiger partial charge >= 0.3 is 0 Å². The number of carbonyl (C=O) groups excluding carboxylic acids is 2. The molecule has 0 aliphatic rings. The number of carbonyl (C=O) groups is 2. The van der Waals surface area contributed by atoms with Crippen LogP contribution in [0.2, 0.25) is 0 Å². The van der Waals surface area contributed by atoms with E-state index < -0.39 is 5.91 Å². The van der Waals surface area contributed by atoms with Crippen molar-refractivity contribution in [3.63, 3.8) is 0 Å². The molecule has 0 saturated heterocycles. The first-order valence-electron chi connectivity index (χ1n) is 9.95. The number of furan rings is 2. The molecule has 1 amide bonds. The smallest absolute Gasteiger partial charge is 0.291 e. The third kappa shape index (κ3) is 3.20. The number of anilines is 1. The first kappa shape index (κ1) is 18.9. The number of para-hydroxylation sites is 2. The minimum Gasteiger partial charge on any atom is -0.451 e. The number of amides is 1. The number of hydrogen-bond acceptors (Lipinski definition) is 4. The highest BCUT2D eigenvalue weighted by molar-refractivity contribution is 6.19. The predicted molar refractivity (Wildman–Crippen MR) is 120 cm³/mol. The zero-order valence-corrected chi connectivity index (χ0v) is 17.1. The van der Waals surface area contributed by atoms with Crippen molar-refractivity contribution >= 4 is 39.3 Å². The van der Waals surface area contributed by atoms with Crippen LogP contribution < -0.4 is 5.32 Å². The highest BCUT2D eigenvalue weighted by Crippen LogP contribution is 2.34. The van der Waals surface area contributed by atoms with Gasteiger partial charge in [-0.1, -0.05) is 60.2 Å². The lowest BCUT2D eigenvalue weighted by Crippen LogP contribution is -2.14. The lowest BCUT2D eigenvalue weighted by Gasteiger charge is -2.05. The molecule has 0 aliphatic heterocycles. The molecule has 0 spiro atoms. The Labute approximate surface area is 178 Å². The Hall–Kier alpha value is -4.12. The van der Waals surface area contributed by atoms with Gasteiger partial charge in [0, 0.05) is 21.9 Å². The van der Waals surface area contributed by atoms with Gasteiger partial charge in [-0.2, -0.15) is 0 Å². The average molecular weight is 409 g/mol. The molecule has 0 atom stereocenters. The van der Waals surface area contributed by atoms with Crippen LogP contribution >= 0.6 is 0 Å². The number of nitrogens with one attached hydrogen (secondary N) is 1. The van der Waals surface area contributed by atoms with Crippen molar-refractivity contribution in [2.75, 3.05) is 5.32 Å². The Kier molecular flexibility index (Phi) is 4.44. The van der Waals surface area contributed by atoms with Crippen molar-refractivity contribution in [1.82, 2.24) is 0 Å². The fourth-order valence-corrected chi connectivity index (χ4v) is 3.73. The van der Waals surface area contributed by atoms with E-state index in [9.17, 15) is 9.59 Å². The Bertz CT molecular complexity index is 1450. The molecule has 0 unspecified atom stereocenters. The van der Waals surface area contributed by atoms with E-state index in [0.717, 1.165) is 16.5 Å². The molecule has 1 N–H and O–H groups in total. The number of fused-ring (bicyclic) bond motifs is 2. The van der Waals surface area contributed by atoms with E-state index in [2.05, 4.69) is 5.32 Å². The summed E-state index contributed by atoms with van der Waals surface area (Å²) in [6.07, 6.45) is 0. The molecule has 5 heteroatoms. The van der Waals surface area contributed by atoms with Gasteiger partial charge in [0.15, 0.2) is 11.5 Å². The molecular weight excluding hydrogens is 390 g/mol. The molecule has 5 aromatic rings. The fourth-order valence-electron chi connectivity index (χ4n) is 3.73. The quantitative estimate of drug-likeness (QED) is 0.355. The van der Waals surface area contributed by atoms with Crippen LogP contribution in [0.25, 0.3) is 21.9 Å². The summed E-state index contributed by atoms with van der Waals surface area (Å²) in [4.78, 5) is 26.3. The molecule has 5 nitrogen and oxygen atoms in total. The van der Waals surface area contributed by atoms with Crippen LogP contribution in [-0.2, 0) is 0 Å². The largest absolute Gasteiger partial charge is 0.451 e. The Morgan fingerprint density at radius 3 is 1.97 bits per heavy atom. The second-order valence-corrected chi connectivity index (χ2v) is 7.50. The molecule has 2 heterocycles. The van der Waals surface area contributed by atoms with Crippen LogP contribution in [0.4, 0.5) is 5.69 Å². The van der Waals surface area contributed by atoms with Crippen molar-refractivity contribution in [1.29, 1.82) is 0 Å². The maximum atomic E-state index is 13.2. The summed E-state index contributed by atoms with van der Waals surface area (Å²) < 4.78 is 11.7. The van der Waals surface area contributed by atoms with E-state index >= 15 is 0 Å². The summed E-state index contributed by atoms with van der Waals surface area (Å²) in [5.41, 5.74) is 3.78. The van der Waals surface area contributed by atoms with E-state index in [4.69, 9.17) is 8.83 Å². The van der Waals surface area contributed by atoms with Gasteiger partial charge in [0.2, 0.25) is 5.78 Å². The van der Waals surface area contributed by atoms with Crippen molar-refractivity contribution < 1.29 is 18.4 Å². The van der Waals surface area contributed by atoms with E-state index in [1.165, 1.54) is 0 Å². The lowest BCUT2D eigenvalue weighted by atomic mass is 10.1. The van der Waals surface area contributed by atoms with Crippen LogP contribution in [0.1, 0.15) is 37.8 Å². The van der Waals surface area contributed by atoms with Crippen molar-refractivity contribution in [3.05, 3.63) is 101 Å². The third-order valence-corrected chi connectivity index (χ3v) is 5.40. The van der Waals surface area contributed by atoms with Crippen LogP contribution in [0.3, 0.4) is 0 Å². The summed E-state index contributed by atoms with van der Waals surface area (Å²) in [6, 6.07) is 21.9. The summed E-state index contributed by atoms with van der Waals surface area (Å²) >= 11 is 0. The van der Waals surface area contributed by atoms with Gasteiger partial charge in [0.05, 0.1) is 5.69 Å². The van der Waals surface area contributed by atoms with Gasteiger partial charge in [-0.25, -0.2) is 0 Å². The van der Waals surface area contributed by atoms with Crippen molar-refractivity contribution in [3.8, 4) is 0 Å². The SMILES string of the molecule is Cc1ccc(C(=O)c2oc3ccccc3c2NC(=O)c2oc3ccccc3c2C)cc1. The highest BCUT2D eigenvalue weighted by atomic mass is 16.4. The van der Waals surface area contributed by atoms with Crippen LogP contribution in [0.15, 0.2) is 81.6 Å². The second-order valence-electron chi connectivity index (χ2n) is 7.50. The molecule has 2 aromatic heterocycles. The van der Waals surface area contributed by atoms with E-state index in [1.807, 2.05) is 68.4 Å². The van der Waals surface area contributed by atoms with Crippen LogP contribution in [-0.4, -0.2) is 11.7 Å². The van der Waals surface area contributed by atoms with Gasteiger partial charge in [-0.3, -0.25) is 9.59 Å². The minimum atomic E-state index is -0.432. The summed E-state index contributed by atoms with van der Waals surface area (Å²) in [5.74, 6) is -0.432. The van der Waals surface area contributed by atoms with Crippen molar-refractivity contribution in [2.24, 2.45) is 0 Å². The highest BCUT2D eigenvalue weighted by Gasteiger charge is 2.25. The first-order chi connectivity index (χ1) is 15.0. The molecule has 0 radical (unpaired) electrons. The average Bonchev–Trinajstić information content (AvgIpc) is 3.32. The van der Waals surface area contributed by atoms with Gasteiger partial charge in [-0.05, 0) is 32.0 Å². The van der Waals surface area contributed by atoms with E-state index in [0.29, 0.717) is 27.8 Å². The summed E-state index contributed by atoms with van der Waals surface area (Å²) in [5, 5.41) is 4.39. The maximum Gasteiger partial charge on any atom is 0.291 e. The molecule has 3 aromatic carbocycles. The fraction of sp³-hybridized carbons (Fsp3) is 0.0769. The number of aryl methyl sites for hydroxylation is 2. The number of benzene rings is 3. The summed E-state index contributed by atoms with van der Waals surface area (Å²) in [6.45, 7) is 3.79. The van der Waals surface area contributed by atoms with Gasteiger partial charge in [-0.15, -0.1) is 0 Å². The minimum absolute atomic E-state index is 0.0900. The number of hydrogen-bond donors (Lipinski definition) is 1. The summed E-state index contributed by atoms with van der Waals surface area (Å²) in [7, 11) is 0. The third-order valence-electron chi connectivity index (χ3n) is 5.40. The molecule has 152 valence electrons. The second kappa shape index (κ2) is 7.29. The standard InChI is InChI=1S/C26H19NO4/c1-15-11-13-17(14-12-15)23(28)25-22(19-8-4-6-10-21(19)31-25)27-26(29)24-16(2)18-7-3-5-9-20(18)30-24/h3-14H,1-2H3,(H,27,29). The Balaban J connectivity index is 1.59. The molecule has 0 saturated carbocycles. The molecule has 0 aliphatic carbocycles. The van der Waals surface area contributed by atoms with E-state index in [-0.39, 0.29) is 17.3 Å². The van der Waals surface area contributed by atoms with Crippen LogP contribution in [0.5, 0.6) is 0 Å². The zero-order chi connectivity index (χ0) is 21.5. The van der Waals surface area contributed by atoms with Gasteiger partial charge < -0.3 is 14.2 Å². The molecule has 31 heavy (non-hydrogen) atoms. The lowest BCUT2D eigenvalue weighted by molar-refractivity contribution is 0.0997. The van der Waals surface area contributed by atoms with E-state index in [1.54, 1.807) is 18.2 Å². The van der Waals surface area contributed by atoms with Crippen LogP contribution in [0, 0.1) is 13.8 Å². The predicted octanol–water partition coefficient (Wildman–Crippen LogP) is 6.28. The zero-order valence-electron chi connectivity index (χ0n) is 17.1. The van der Waals surface area contributed by atoms with Crippen molar-refractivity contribution in [2.45, 2.75) is 13.8 Å². The molecule has 0 fully saturated rings. The van der Waals surface area contributed by atoms with Gasteiger partial charge in [0.25, 0.3) is 5.91 Å². The number of rotatable bonds is 4.